The van der Waals surface area contributed by atoms with E-state index in [9.17, 15) is 9.59 Å². The van der Waals surface area contributed by atoms with Crippen molar-refractivity contribution in [3.8, 4) is 6.07 Å². The maximum atomic E-state index is 11.7. The van der Waals surface area contributed by atoms with Gasteiger partial charge in [-0.25, -0.2) is 0 Å². The van der Waals surface area contributed by atoms with E-state index in [0.717, 1.165) is 12.8 Å². The lowest BCUT2D eigenvalue weighted by Crippen LogP contribution is -2.41. The predicted octanol–water partition coefficient (Wildman–Crippen LogP) is 1.54. The molecule has 6 heteroatoms. The SMILES string of the molecule is CC(C)(C)NC(=O)/C(C#N)=C\NCCCCCC(=O)O. The summed E-state index contributed by atoms with van der Waals surface area (Å²) < 4.78 is 0. The van der Waals surface area contributed by atoms with E-state index in [1.54, 1.807) is 0 Å². The van der Waals surface area contributed by atoms with E-state index < -0.39 is 11.9 Å². The Balaban J connectivity index is 4.00. The minimum Gasteiger partial charge on any atom is -0.481 e. The van der Waals surface area contributed by atoms with E-state index in [2.05, 4.69) is 10.6 Å². The lowest BCUT2D eigenvalue weighted by Gasteiger charge is -2.20. The van der Waals surface area contributed by atoms with Crippen molar-refractivity contribution in [3.05, 3.63) is 11.8 Å². The number of nitrogens with zero attached hydrogens (tertiary/aromatic N) is 1. The Bertz CT molecular complexity index is 403. The molecule has 0 atom stereocenters. The molecule has 0 spiro atoms. The molecule has 0 fully saturated rings. The summed E-state index contributed by atoms with van der Waals surface area (Å²) >= 11 is 0. The normalized spacial score (nSPS) is 11.6. The van der Waals surface area contributed by atoms with Crippen LogP contribution in [0.4, 0.5) is 0 Å². The fourth-order valence-electron chi connectivity index (χ4n) is 1.41. The first-order chi connectivity index (χ1) is 9.26. The van der Waals surface area contributed by atoms with E-state index >= 15 is 0 Å². The molecule has 0 aliphatic rings. The topological polar surface area (TPSA) is 102 Å². The average Bonchev–Trinajstić information content (AvgIpc) is 2.30. The largest absolute Gasteiger partial charge is 0.481 e. The number of nitriles is 1. The van der Waals surface area contributed by atoms with E-state index in [-0.39, 0.29) is 17.5 Å². The fraction of sp³-hybridized carbons (Fsp3) is 0.643. The predicted molar refractivity (Wildman–Crippen MR) is 75.7 cm³/mol. The highest BCUT2D eigenvalue weighted by atomic mass is 16.4. The number of nitrogens with one attached hydrogen (secondary N) is 2. The van der Waals surface area contributed by atoms with Crippen LogP contribution < -0.4 is 10.6 Å². The molecular weight excluding hydrogens is 258 g/mol. The third-order valence-corrected chi connectivity index (χ3v) is 2.31. The number of carbonyl (C=O) groups is 2. The summed E-state index contributed by atoms with van der Waals surface area (Å²) in [6.07, 6.45) is 3.80. The van der Waals surface area contributed by atoms with Crippen LogP contribution in [0.2, 0.25) is 0 Å². The van der Waals surface area contributed by atoms with E-state index in [0.29, 0.717) is 13.0 Å². The zero-order valence-corrected chi connectivity index (χ0v) is 12.3. The number of hydrogen-bond acceptors (Lipinski definition) is 4. The third-order valence-electron chi connectivity index (χ3n) is 2.31. The molecule has 0 aromatic rings. The number of rotatable bonds is 8. The lowest BCUT2D eigenvalue weighted by atomic mass is 10.1. The number of aliphatic carboxylic acids is 1. The van der Waals surface area contributed by atoms with Gasteiger partial charge < -0.3 is 15.7 Å². The van der Waals surface area contributed by atoms with Crippen LogP contribution in [0.15, 0.2) is 11.8 Å². The molecule has 0 aliphatic heterocycles. The number of carboxylic acid groups (broad SMARTS) is 1. The zero-order chi connectivity index (χ0) is 15.6. The molecule has 0 rings (SSSR count). The van der Waals surface area contributed by atoms with Crippen LogP contribution in [0.3, 0.4) is 0 Å². The first kappa shape index (κ1) is 18.0. The Morgan fingerprint density at radius 3 is 2.40 bits per heavy atom. The van der Waals surface area contributed by atoms with Crippen molar-refractivity contribution in [3.63, 3.8) is 0 Å². The average molecular weight is 281 g/mol. The highest BCUT2D eigenvalue weighted by Gasteiger charge is 2.16. The van der Waals surface area contributed by atoms with Gasteiger partial charge >= 0.3 is 5.97 Å². The van der Waals surface area contributed by atoms with Crippen molar-refractivity contribution >= 4 is 11.9 Å². The maximum Gasteiger partial charge on any atom is 0.303 e. The van der Waals surface area contributed by atoms with Gasteiger partial charge in [-0.3, -0.25) is 9.59 Å². The van der Waals surface area contributed by atoms with Gasteiger partial charge in [0, 0.05) is 24.7 Å². The van der Waals surface area contributed by atoms with Crippen molar-refractivity contribution < 1.29 is 14.7 Å². The first-order valence-corrected chi connectivity index (χ1v) is 6.64. The van der Waals surface area contributed by atoms with Gasteiger partial charge in [0.15, 0.2) is 0 Å². The summed E-state index contributed by atoms with van der Waals surface area (Å²) in [5, 5.41) is 23.0. The van der Waals surface area contributed by atoms with E-state index in [1.807, 2.05) is 26.8 Å². The minimum atomic E-state index is -0.788. The minimum absolute atomic E-state index is 0.0328. The fourth-order valence-corrected chi connectivity index (χ4v) is 1.41. The summed E-state index contributed by atoms with van der Waals surface area (Å²) in [6.45, 7) is 6.13. The molecule has 0 saturated heterocycles. The van der Waals surface area contributed by atoms with Crippen LogP contribution in [0.1, 0.15) is 46.5 Å². The summed E-state index contributed by atoms with van der Waals surface area (Å²) in [6, 6.07) is 1.85. The van der Waals surface area contributed by atoms with Crippen LogP contribution in [-0.4, -0.2) is 29.1 Å². The molecule has 0 aromatic carbocycles. The molecule has 0 heterocycles. The van der Waals surface area contributed by atoms with E-state index in [1.165, 1.54) is 6.20 Å². The molecule has 1 amide bonds. The van der Waals surface area contributed by atoms with Crippen molar-refractivity contribution in [1.29, 1.82) is 5.26 Å². The standard InChI is InChI=1S/C14H23N3O3/c1-14(2,3)17-13(20)11(9-15)10-16-8-6-4-5-7-12(18)19/h10,16H,4-8H2,1-3H3,(H,17,20)(H,18,19)/b11-10-. The summed E-state index contributed by atoms with van der Waals surface area (Å²) in [4.78, 5) is 22.0. The number of amides is 1. The summed E-state index contributed by atoms with van der Waals surface area (Å²) in [7, 11) is 0. The molecular formula is C14H23N3O3. The lowest BCUT2D eigenvalue weighted by molar-refractivity contribution is -0.137. The zero-order valence-electron chi connectivity index (χ0n) is 12.3. The highest BCUT2D eigenvalue weighted by molar-refractivity contribution is 5.97. The number of carboxylic acids is 1. The van der Waals surface area contributed by atoms with Crippen LogP contribution in [0.25, 0.3) is 0 Å². The quantitative estimate of drug-likeness (QED) is 0.356. The van der Waals surface area contributed by atoms with Crippen molar-refractivity contribution in [2.75, 3.05) is 6.54 Å². The van der Waals surface area contributed by atoms with Crippen LogP contribution in [-0.2, 0) is 9.59 Å². The van der Waals surface area contributed by atoms with Crippen LogP contribution in [0.5, 0.6) is 0 Å². The second kappa shape index (κ2) is 8.97. The van der Waals surface area contributed by atoms with Crippen LogP contribution in [0, 0.1) is 11.3 Å². The second-order valence-corrected chi connectivity index (χ2v) is 5.53. The molecule has 0 aliphatic carbocycles. The second-order valence-electron chi connectivity index (χ2n) is 5.53. The first-order valence-electron chi connectivity index (χ1n) is 6.64. The van der Waals surface area contributed by atoms with Gasteiger partial charge in [-0.2, -0.15) is 5.26 Å². The van der Waals surface area contributed by atoms with Gasteiger partial charge in [-0.05, 0) is 33.6 Å². The third kappa shape index (κ3) is 9.95. The Labute approximate surface area is 119 Å². The highest BCUT2D eigenvalue weighted by Crippen LogP contribution is 2.02. The van der Waals surface area contributed by atoms with Crippen molar-refractivity contribution in [2.45, 2.75) is 52.0 Å². The molecule has 0 saturated carbocycles. The van der Waals surface area contributed by atoms with Crippen molar-refractivity contribution in [1.82, 2.24) is 10.6 Å². The Morgan fingerprint density at radius 1 is 1.25 bits per heavy atom. The van der Waals surface area contributed by atoms with Gasteiger partial charge in [0.05, 0.1) is 0 Å². The molecule has 0 bridgehead atoms. The Hall–Kier alpha value is -2.03. The molecule has 112 valence electrons. The van der Waals surface area contributed by atoms with Gasteiger partial charge in [-0.1, -0.05) is 6.42 Å². The molecule has 20 heavy (non-hydrogen) atoms. The van der Waals surface area contributed by atoms with E-state index in [4.69, 9.17) is 10.4 Å². The molecule has 0 aromatic heterocycles. The van der Waals surface area contributed by atoms with Crippen molar-refractivity contribution in [2.24, 2.45) is 0 Å². The maximum absolute atomic E-state index is 11.7. The molecule has 0 unspecified atom stereocenters. The summed E-state index contributed by atoms with van der Waals surface area (Å²) in [5.41, 5.74) is -0.352. The molecule has 3 N–H and O–H groups in total. The Morgan fingerprint density at radius 2 is 1.90 bits per heavy atom. The molecule has 6 nitrogen and oxygen atoms in total. The smallest absolute Gasteiger partial charge is 0.303 e. The van der Waals surface area contributed by atoms with Gasteiger partial charge in [-0.15, -0.1) is 0 Å². The van der Waals surface area contributed by atoms with Crippen LogP contribution >= 0.6 is 0 Å². The molecule has 0 radical (unpaired) electrons. The number of hydrogen-bond donors (Lipinski definition) is 3. The van der Waals surface area contributed by atoms with Gasteiger partial charge in [0.2, 0.25) is 0 Å². The number of unbranched alkanes of at least 4 members (excludes halogenated alkanes) is 2. The summed E-state index contributed by atoms with van der Waals surface area (Å²) in [5.74, 6) is -1.19. The number of carbonyl (C=O) groups excluding carboxylic acids is 1. The van der Waals surface area contributed by atoms with Gasteiger partial charge in [0.25, 0.3) is 5.91 Å². The monoisotopic (exact) mass is 281 g/mol. The van der Waals surface area contributed by atoms with Gasteiger partial charge in [0.1, 0.15) is 11.6 Å². The Kier molecular flexibility index (Phi) is 8.06.